The van der Waals surface area contributed by atoms with Crippen LogP contribution in [0.25, 0.3) is 0 Å². The van der Waals surface area contributed by atoms with Crippen molar-refractivity contribution in [2.24, 2.45) is 0 Å². The number of ether oxygens (including phenoxy) is 1. The summed E-state index contributed by atoms with van der Waals surface area (Å²) in [4.78, 5) is 0. The van der Waals surface area contributed by atoms with Gasteiger partial charge in [0.1, 0.15) is 19.2 Å². The van der Waals surface area contributed by atoms with Gasteiger partial charge in [-0.2, -0.15) is 0 Å². The second-order valence-corrected chi connectivity index (χ2v) is 4.75. The molecule has 0 saturated carbocycles. The van der Waals surface area contributed by atoms with Crippen molar-refractivity contribution in [3.63, 3.8) is 0 Å². The molecular weight excluding hydrogens is 234 g/mol. The van der Waals surface area contributed by atoms with E-state index in [0.717, 1.165) is 30.6 Å². The second-order valence-electron chi connectivity index (χ2n) is 4.75. The van der Waals surface area contributed by atoms with Gasteiger partial charge in [-0.25, -0.2) is 0 Å². The van der Waals surface area contributed by atoms with E-state index in [1.165, 1.54) is 5.56 Å². The van der Waals surface area contributed by atoms with E-state index >= 15 is 0 Å². The summed E-state index contributed by atoms with van der Waals surface area (Å²) >= 11 is 0. The molecule has 2 atom stereocenters. The zero-order valence-electron chi connectivity index (χ0n) is 10.3. The molecule has 94 valence electrons. The summed E-state index contributed by atoms with van der Waals surface area (Å²) in [5.41, 5.74) is 1.35. The number of halogens is 1. The quantitative estimate of drug-likeness (QED) is 0.643. The highest BCUT2D eigenvalue weighted by molar-refractivity contribution is 5.15. The van der Waals surface area contributed by atoms with Crippen LogP contribution in [-0.4, -0.2) is 37.3 Å². The fourth-order valence-corrected chi connectivity index (χ4v) is 2.20. The van der Waals surface area contributed by atoms with Crippen molar-refractivity contribution in [3.05, 3.63) is 48.7 Å². The fraction of sp³-hybridized carbons (Fsp3) is 0.429. The van der Waals surface area contributed by atoms with E-state index in [2.05, 4.69) is 44.0 Å². The van der Waals surface area contributed by atoms with Crippen LogP contribution in [0.3, 0.4) is 0 Å². The summed E-state index contributed by atoms with van der Waals surface area (Å²) in [5, 5.41) is 0. The highest BCUT2D eigenvalue weighted by Crippen LogP contribution is 2.16. The van der Waals surface area contributed by atoms with E-state index in [-0.39, 0.29) is 12.4 Å². The van der Waals surface area contributed by atoms with Gasteiger partial charge >= 0.3 is 0 Å². The van der Waals surface area contributed by atoms with Crippen molar-refractivity contribution < 1.29 is 21.6 Å². The van der Waals surface area contributed by atoms with Crippen molar-refractivity contribution >= 4 is 0 Å². The zero-order chi connectivity index (χ0) is 11.4. The first-order chi connectivity index (χ1) is 7.72. The number of nitrogens with zero attached hydrogens (tertiary/aromatic N) is 1. The molecule has 0 spiro atoms. The van der Waals surface area contributed by atoms with Gasteiger partial charge in [0, 0.05) is 6.42 Å². The first-order valence-corrected chi connectivity index (χ1v) is 5.85. The molecule has 2 rings (SSSR count). The van der Waals surface area contributed by atoms with Gasteiger partial charge in [0.25, 0.3) is 0 Å². The molecule has 0 aromatic heterocycles. The number of rotatable bonds is 3. The van der Waals surface area contributed by atoms with Crippen molar-refractivity contribution in [2.75, 3.05) is 26.7 Å². The molecular formula is C14H20ClNO. The predicted octanol–water partition coefficient (Wildman–Crippen LogP) is -0.778. The molecule has 1 saturated heterocycles. The van der Waals surface area contributed by atoms with Crippen LogP contribution in [0, 0.1) is 0 Å². The number of morpholine rings is 1. The molecule has 1 aliphatic rings. The minimum absolute atomic E-state index is 0. The largest absolute Gasteiger partial charge is 1.00 e. The summed E-state index contributed by atoms with van der Waals surface area (Å²) in [6.45, 7) is 6.81. The molecule has 2 unspecified atom stereocenters. The third-order valence-electron chi connectivity index (χ3n) is 3.32. The van der Waals surface area contributed by atoms with E-state index in [4.69, 9.17) is 4.74 Å². The molecule has 0 N–H and O–H groups in total. The van der Waals surface area contributed by atoms with Crippen LogP contribution in [-0.2, 0) is 11.2 Å². The Balaban J connectivity index is 0.00000144. The van der Waals surface area contributed by atoms with Crippen LogP contribution in [0.2, 0.25) is 0 Å². The molecule has 0 amide bonds. The lowest BCUT2D eigenvalue weighted by molar-refractivity contribution is -0.871. The van der Waals surface area contributed by atoms with Crippen LogP contribution in [0.1, 0.15) is 5.56 Å². The highest BCUT2D eigenvalue weighted by atomic mass is 35.5. The average molecular weight is 254 g/mol. The lowest BCUT2D eigenvalue weighted by Gasteiger charge is -2.38. The lowest BCUT2D eigenvalue weighted by Crippen LogP contribution is -3.00. The number of hydrogen-bond acceptors (Lipinski definition) is 1. The summed E-state index contributed by atoms with van der Waals surface area (Å²) in [6.07, 6.45) is 3.35. The second kappa shape index (κ2) is 6.20. The molecule has 1 heterocycles. The van der Waals surface area contributed by atoms with Crippen molar-refractivity contribution in [3.8, 4) is 0 Å². The van der Waals surface area contributed by atoms with Gasteiger partial charge in [0.05, 0.1) is 19.9 Å². The maximum absolute atomic E-state index is 5.82. The molecule has 3 heteroatoms. The van der Waals surface area contributed by atoms with E-state index in [9.17, 15) is 0 Å². The Hall–Kier alpha value is -0.830. The van der Waals surface area contributed by atoms with E-state index in [1.54, 1.807) is 0 Å². The predicted molar refractivity (Wildman–Crippen MR) is 66.0 cm³/mol. The first-order valence-electron chi connectivity index (χ1n) is 5.85. The normalized spacial score (nSPS) is 28.2. The maximum Gasteiger partial charge on any atom is 0.111 e. The van der Waals surface area contributed by atoms with Gasteiger partial charge < -0.3 is 17.1 Å². The molecule has 2 nitrogen and oxygen atoms in total. The number of hydrogen-bond donors (Lipinski definition) is 0. The summed E-state index contributed by atoms with van der Waals surface area (Å²) in [6, 6.07) is 10.5. The van der Waals surface area contributed by atoms with E-state index < -0.39 is 0 Å². The Bertz CT molecular complexity index is 354. The van der Waals surface area contributed by atoms with Crippen LogP contribution < -0.4 is 12.4 Å². The number of quaternary nitrogens is 1. The summed E-state index contributed by atoms with van der Waals surface area (Å²) in [5.74, 6) is 0. The van der Waals surface area contributed by atoms with Crippen molar-refractivity contribution in [1.82, 2.24) is 0 Å². The van der Waals surface area contributed by atoms with E-state index in [0.29, 0.717) is 6.10 Å². The molecule has 1 fully saturated rings. The van der Waals surface area contributed by atoms with Crippen LogP contribution in [0.4, 0.5) is 0 Å². The van der Waals surface area contributed by atoms with Gasteiger partial charge in [-0.05, 0) is 12.1 Å². The van der Waals surface area contributed by atoms with Crippen LogP contribution in [0.15, 0.2) is 43.1 Å². The van der Waals surface area contributed by atoms with Gasteiger partial charge in [0.2, 0.25) is 0 Å². The number of benzene rings is 1. The minimum atomic E-state index is 0. The zero-order valence-corrected chi connectivity index (χ0v) is 11.1. The molecule has 1 aromatic carbocycles. The third kappa shape index (κ3) is 3.84. The van der Waals surface area contributed by atoms with E-state index in [1.807, 2.05) is 6.20 Å². The maximum atomic E-state index is 5.82. The van der Waals surface area contributed by atoms with Gasteiger partial charge in [-0.1, -0.05) is 30.3 Å². The Kier molecular flexibility index (Phi) is 5.19. The number of likely N-dealkylation sites (N-methyl/N-ethyl adjacent to an activating group) is 1. The summed E-state index contributed by atoms with van der Waals surface area (Å²) < 4.78 is 6.73. The van der Waals surface area contributed by atoms with Crippen molar-refractivity contribution in [2.45, 2.75) is 12.5 Å². The van der Waals surface area contributed by atoms with Gasteiger partial charge in [-0.3, -0.25) is 4.48 Å². The first kappa shape index (κ1) is 14.2. The third-order valence-corrected chi connectivity index (χ3v) is 3.32. The molecule has 0 radical (unpaired) electrons. The van der Waals surface area contributed by atoms with Crippen LogP contribution in [0.5, 0.6) is 0 Å². The molecule has 0 bridgehead atoms. The highest BCUT2D eigenvalue weighted by Gasteiger charge is 2.29. The fourth-order valence-electron chi connectivity index (χ4n) is 2.20. The average Bonchev–Trinajstić information content (AvgIpc) is 2.30. The molecule has 17 heavy (non-hydrogen) atoms. The Morgan fingerprint density at radius 2 is 2.12 bits per heavy atom. The summed E-state index contributed by atoms with van der Waals surface area (Å²) in [7, 11) is 2.22. The standard InChI is InChI=1S/C14H20NO.ClH/c1-3-15(2)9-10-16-14(12-15)11-13-7-5-4-6-8-13;/h3-8,14H,1,9-12H2,2H3;1H/q+1;/p-1. The molecule has 1 aromatic rings. The smallest absolute Gasteiger partial charge is 0.111 e. The monoisotopic (exact) mass is 253 g/mol. The molecule has 1 aliphatic heterocycles. The SMILES string of the molecule is C=C[N+]1(C)CCOC(Cc2ccccc2)C1.[Cl-]. The van der Waals surface area contributed by atoms with Gasteiger partial charge in [0.15, 0.2) is 0 Å². The Morgan fingerprint density at radius 1 is 1.41 bits per heavy atom. The lowest BCUT2D eigenvalue weighted by atomic mass is 10.1. The minimum Gasteiger partial charge on any atom is -1.00 e. The molecule has 0 aliphatic carbocycles. The van der Waals surface area contributed by atoms with Crippen molar-refractivity contribution in [1.29, 1.82) is 0 Å². The Labute approximate surface area is 110 Å². The van der Waals surface area contributed by atoms with Gasteiger partial charge in [-0.15, -0.1) is 0 Å². The Morgan fingerprint density at radius 3 is 2.76 bits per heavy atom. The topological polar surface area (TPSA) is 9.23 Å². The van der Waals surface area contributed by atoms with Crippen LogP contribution >= 0.6 is 0 Å².